The van der Waals surface area contributed by atoms with Gasteiger partial charge in [-0.25, -0.2) is 0 Å². The number of fused-ring (bicyclic) bond motifs is 1. The van der Waals surface area contributed by atoms with Crippen molar-refractivity contribution < 1.29 is 0 Å². The number of aromatic nitrogens is 1. The van der Waals surface area contributed by atoms with Crippen molar-refractivity contribution in [3.8, 4) is 0 Å². The van der Waals surface area contributed by atoms with Gasteiger partial charge in [-0.05, 0) is 81.2 Å². The van der Waals surface area contributed by atoms with Gasteiger partial charge in [-0.2, -0.15) is 0 Å². The van der Waals surface area contributed by atoms with Crippen LogP contribution in [0.15, 0.2) is 48.7 Å². The molecule has 1 aromatic heterocycles. The zero-order valence-electron chi connectivity index (χ0n) is 17.6. The van der Waals surface area contributed by atoms with E-state index in [1.165, 1.54) is 27.6 Å². The van der Waals surface area contributed by atoms with Crippen LogP contribution in [0.4, 0.5) is 5.69 Å². The topological polar surface area (TPSA) is 20.2 Å². The van der Waals surface area contributed by atoms with Crippen molar-refractivity contribution in [2.45, 2.75) is 60.2 Å². The fraction of sp³-hybridized carbons (Fsp3) is 0.375. The van der Waals surface area contributed by atoms with E-state index in [2.05, 4.69) is 98.1 Å². The molecule has 0 aliphatic heterocycles. The van der Waals surface area contributed by atoms with Crippen LogP contribution >= 0.6 is 12.2 Å². The first kappa shape index (κ1) is 20.4. The van der Waals surface area contributed by atoms with E-state index in [0.717, 1.165) is 30.3 Å². The first-order chi connectivity index (χ1) is 13.4. The summed E-state index contributed by atoms with van der Waals surface area (Å²) in [6, 6.07) is 15.4. The highest BCUT2D eigenvalue weighted by atomic mass is 32.1. The standard InChI is InChI=1S/C24H31N3S/c1-6-19(5)27(24(28)25-21-13-12-17(3)18(4)14-21)16-20-15-26(7-2)23-11-9-8-10-22(20)23/h8-15,19H,6-7,16H2,1-5H3,(H,25,28)/t19-/m0/s1. The molecule has 0 saturated heterocycles. The van der Waals surface area contributed by atoms with E-state index in [1.54, 1.807) is 0 Å². The second-order valence-corrected chi connectivity index (χ2v) is 7.96. The van der Waals surface area contributed by atoms with Crippen molar-refractivity contribution in [1.29, 1.82) is 0 Å². The highest BCUT2D eigenvalue weighted by Crippen LogP contribution is 2.24. The molecular weight excluding hydrogens is 362 g/mol. The Kier molecular flexibility index (Phi) is 6.40. The number of nitrogens with one attached hydrogen (secondary N) is 1. The predicted octanol–water partition coefficient (Wildman–Crippen LogP) is 6.28. The largest absolute Gasteiger partial charge is 0.347 e. The number of benzene rings is 2. The summed E-state index contributed by atoms with van der Waals surface area (Å²) in [5, 5.41) is 5.56. The molecular formula is C24H31N3S. The summed E-state index contributed by atoms with van der Waals surface area (Å²) >= 11 is 5.84. The zero-order valence-corrected chi connectivity index (χ0v) is 18.4. The monoisotopic (exact) mass is 393 g/mol. The summed E-state index contributed by atoms with van der Waals surface area (Å²) in [5.41, 5.74) is 6.23. The van der Waals surface area contributed by atoms with Crippen molar-refractivity contribution in [1.82, 2.24) is 9.47 Å². The zero-order chi connectivity index (χ0) is 20.3. The average molecular weight is 394 g/mol. The normalized spacial score (nSPS) is 12.2. The molecule has 1 heterocycles. The number of hydrogen-bond donors (Lipinski definition) is 1. The van der Waals surface area contributed by atoms with Crippen LogP contribution in [-0.2, 0) is 13.1 Å². The minimum Gasteiger partial charge on any atom is -0.347 e. The Morgan fingerprint density at radius 3 is 2.54 bits per heavy atom. The quantitative estimate of drug-likeness (QED) is 0.498. The van der Waals surface area contributed by atoms with E-state index in [4.69, 9.17) is 12.2 Å². The first-order valence-corrected chi connectivity index (χ1v) is 10.6. The molecule has 148 valence electrons. The lowest BCUT2D eigenvalue weighted by molar-refractivity contribution is 0.320. The van der Waals surface area contributed by atoms with Gasteiger partial charge in [-0.1, -0.05) is 31.2 Å². The Bertz CT molecular complexity index is 973. The van der Waals surface area contributed by atoms with Crippen LogP contribution in [-0.4, -0.2) is 20.6 Å². The van der Waals surface area contributed by atoms with Crippen LogP contribution in [0.1, 0.15) is 43.9 Å². The first-order valence-electron chi connectivity index (χ1n) is 10.2. The summed E-state index contributed by atoms with van der Waals surface area (Å²) < 4.78 is 2.32. The fourth-order valence-corrected chi connectivity index (χ4v) is 3.92. The predicted molar refractivity (Wildman–Crippen MR) is 125 cm³/mol. The second-order valence-electron chi connectivity index (χ2n) is 7.57. The van der Waals surface area contributed by atoms with Crippen molar-refractivity contribution in [2.24, 2.45) is 0 Å². The molecule has 0 radical (unpaired) electrons. The van der Waals surface area contributed by atoms with Crippen molar-refractivity contribution >= 4 is 33.9 Å². The Hall–Kier alpha value is -2.33. The third-order valence-corrected chi connectivity index (χ3v) is 6.03. The Balaban J connectivity index is 1.88. The molecule has 4 heteroatoms. The molecule has 0 saturated carbocycles. The molecule has 0 bridgehead atoms. The second kappa shape index (κ2) is 8.78. The number of rotatable bonds is 6. The van der Waals surface area contributed by atoms with Crippen LogP contribution in [0.3, 0.4) is 0 Å². The molecule has 0 fully saturated rings. The van der Waals surface area contributed by atoms with Crippen molar-refractivity contribution in [3.05, 3.63) is 65.4 Å². The minimum absolute atomic E-state index is 0.357. The summed E-state index contributed by atoms with van der Waals surface area (Å²) in [6.45, 7) is 12.7. The van der Waals surface area contributed by atoms with Crippen LogP contribution in [0.2, 0.25) is 0 Å². The van der Waals surface area contributed by atoms with Gasteiger partial charge in [0.2, 0.25) is 0 Å². The molecule has 3 aromatic rings. The average Bonchev–Trinajstić information content (AvgIpc) is 3.06. The van der Waals surface area contributed by atoms with Crippen molar-refractivity contribution in [2.75, 3.05) is 5.32 Å². The summed E-state index contributed by atoms with van der Waals surface area (Å²) in [7, 11) is 0. The highest BCUT2D eigenvalue weighted by molar-refractivity contribution is 7.80. The maximum absolute atomic E-state index is 5.84. The fourth-order valence-electron chi connectivity index (χ4n) is 3.56. The van der Waals surface area contributed by atoms with Gasteiger partial charge in [0.1, 0.15) is 0 Å². The molecule has 3 rings (SSSR count). The molecule has 2 aromatic carbocycles. The smallest absolute Gasteiger partial charge is 0.173 e. The third kappa shape index (κ3) is 4.22. The SMILES string of the molecule is CC[C@H](C)N(Cc1cn(CC)c2ccccc12)C(=S)Nc1ccc(C)c(C)c1. The number of aryl methyl sites for hydroxylation is 3. The maximum atomic E-state index is 5.84. The Morgan fingerprint density at radius 1 is 1.11 bits per heavy atom. The van der Waals surface area contributed by atoms with Gasteiger partial charge in [0.25, 0.3) is 0 Å². The van der Waals surface area contributed by atoms with Gasteiger partial charge >= 0.3 is 0 Å². The van der Waals surface area contributed by atoms with E-state index in [0.29, 0.717) is 6.04 Å². The van der Waals surface area contributed by atoms with E-state index in [1.807, 2.05) is 0 Å². The van der Waals surface area contributed by atoms with Gasteiger partial charge in [-0.3, -0.25) is 0 Å². The van der Waals surface area contributed by atoms with Crippen LogP contribution in [0.25, 0.3) is 10.9 Å². The van der Waals surface area contributed by atoms with E-state index in [-0.39, 0.29) is 0 Å². The highest BCUT2D eigenvalue weighted by Gasteiger charge is 2.19. The number of thiocarbonyl (C=S) groups is 1. The molecule has 0 spiro atoms. The van der Waals surface area contributed by atoms with Crippen molar-refractivity contribution in [3.63, 3.8) is 0 Å². The van der Waals surface area contributed by atoms with Gasteiger partial charge in [0, 0.05) is 41.9 Å². The molecule has 1 atom stereocenters. The van der Waals surface area contributed by atoms with Crippen LogP contribution < -0.4 is 5.32 Å². The van der Waals surface area contributed by atoms with E-state index >= 15 is 0 Å². The maximum Gasteiger partial charge on any atom is 0.173 e. The molecule has 0 aliphatic rings. The number of para-hydroxylation sites is 1. The van der Waals surface area contributed by atoms with Gasteiger partial charge in [-0.15, -0.1) is 0 Å². The number of anilines is 1. The van der Waals surface area contributed by atoms with Gasteiger partial charge in [0.05, 0.1) is 0 Å². The Labute approximate surface area is 174 Å². The van der Waals surface area contributed by atoms with E-state index in [9.17, 15) is 0 Å². The lowest BCUT2D eigenvalue weighted by atomic mass is 10.1. The Morgan fingerprint density at radius 2 is 1.86 bits per heavy atom. The molecule has 3 nitrogen and oxygen atoms in total. The molecule has 1 N–H and O–H groups in total. The lowest BCUT2D eigenvalue weighted by Crippen LogP contribution is -2.40. The third-order valence-electron chi connectivity index (χ3n) is 5.69. The molecule has 0 aliphatic carbocycles. The summed E-state index contributed by atoms with van der Waals surface area (Å²) in [6.07, 6.45) is 3.32. The molecule has 28 heavy (non-hydrogen) atoms. The van der Waals surface area contributed by atoms with Gasteiger partial charge < -0.3 is 14.8 Å². The lowest BCUT2D eigenvalue weighted by Gasteiger charge is -2.31. The number of hydrogen-bond acceptors (Lipinski definition) is 1. The molecule has 0 unspecified atom stereocenters. The van der Waals surface area contributed by atoms with Gasteiger partial charge in [0.15, 0.2) is 5.11 Å². The number of nitrogens with zero attached hydrogens (tertiary/aromatic N) is 2. The van der Waals surface area contributed by atoms with E-state index < -0.39 is 0 Å². The van der Waals surface area contributed by atoms with Crippen LogP contribution in [0.5, 0.6) is 0 Å². The summed E-state index contributed by atoms with van der Waals surface area (Å²) in [4.78, 5) is 2.31. The van der Waals surface area contributed by atoms with Crippen LogP contribution in [0, 0.1) is 13.8 Å². The summed E-state index contributed by atoms with van der Waals surface area (Å²) in [5.74, 6) is 0. The minimum atomic E-state index is 0.357. The molecule has 0 amide bonds.